The van der Waals surface area contributed by atoms with Crippen LogP contribution in [-0.2, 0) is 0 Å². The molecule has 1 aromatic carbocycles. The highest BCUT2D eigenvalue weighted by molar-refractivity contribution is 5.64. The molecule has 0 saturated heterocycles. The van der Waals surface area contributed by atoms with E-state index in [0.717, 1.165) is 5.69 Å². The van der Waals surface area contributed by atoms with E-state index in [1.165, 1.54) is 16.7 Å². The van der Waals surface area contributed by atoms with Crippen molar-refractivity contribution in [1.82, 2.24) is 9.97 Å². The van der Waals surface area contributed by atoms with Gasteiger partial charge in [-0.1, -0.05) is 32.0 Å². The Morgan fingerprint density at radius 2 is 1.94 bits per heavy atom. The van der Waals surface area contributed by atoms with Crippen molar-refractivity contribution in [2.24, 2.45) is 0 Å². The van der Waals surface area contributed by atoms with Crippen molar-refractivity contribution < 1.29 is 0 Å². The Hall–Kier alpha value is -1.70. The van der Waals surface area contributed by atoms with E-state index in [2.05, 4.69) is 48.9 Å². The van der Waals surface area contributed by atoms with Crippen LogP contribution in [0.15, 0.2) is 36.8 Å². The highest BCUT2D eigenvalue weighted by atomic mass is 14.8. The van der Waals surface area contributed by atoms with Gasteiger partial charge in [-0.15, -0.1) is 0 Å². The lowest BCUT2D eigenvalue weighted by atomic mass is 9.93. The van der Waals surface area contributed by atoms with Gasteiger partial charge in [0, 0.05) is 18.0 Å². The smallest absolute Gasteiger partial charge is 0.0887 e. The van der Waals surface area contributed by atoms with E-state index in [1.807, 2.05) is 6.20 Å². The van der Waals surface area contributed by atoms with Crippen LogP contribution in [-0.4, -0.2) is 9.97 Å². The molecule has 2 heteroatoms. The van der Waals surface area contributed by atoms with Crippen molar-refractivity contribution in [1.29, 1.82) is 0 Å². The topological polar surface area (TPSA) is 25.8 Å². The molecule has 2 nitrogen and oxygen atoms in total. The predicted octanol–water partition coefficient (Wildman–Crippen LogP) is 3.58. The van der Waals surface area contributed by atoms with E-state index in [-0.39, 0.29) is 0 Å². The Kier molecular flexibility index (Phi) is 3.00. The minimum absolute atomic E-state index is 0.539. The SMILES string of the molecule is Cc1c(-c2cnccn2)cccc1C(C)C. The summed E-state index contributed by atoms with van der Waals surface area (Å²) in [6.07, 6.45) is 5.24. The average molecular weight is 212 g/mol. The maximum atomic E-state index is 4.35. The van der Waals surface area contributed by atoms with Crippen LogP contribution in [0.3, 0.4) is 0 Å². The fourth-order valence-electron chi connectivity index (χ4n) is 1.99. The third-order valence-electron chi connectivity index (χ3n) is 2.84. The molecule has 2 rings (SSSR count). The first-order chi connectivity index (χ1) is 7.70. The summed E-state index contributed by atoms with van der Waals surface area (Å²) in [6, 6.07) is 6.37. The van der Waals surface area contributed by atoms with Crippen molar-refractivity contribution in [2.75, 3.05) is 0 Å². The molecule has 0 radical (unpaired) electrons. The lowest BCUT2D eigenvalue weighted by Gasteiger charge is -2.13. The summed E-state index contributed by atoms with van der Waals surface area (Å²) in [7, 11) is 0. The monoisotopic (exact) mass is 212 g/mol. The van der Waals surface area contributed by atoms with Crippen LogP contribution >= 0.6 is 0 Å². The van der Waals surface area contributed by atoms with Gasteiger partial charge in [0.1, 0.15) is 0 Å². The van der Waals surface area contributed by atoms with Gasteiger partial charge >= 0.3 is 0 Å². The van der Waals surface area contributed by atoms with E-state index in [9.17, 15) is 0 Å². The van der Waals surface area contributed by atoms with Crippen molar-refractivity contribution in [3.8, 4) is 11.3 Å². The molecule has 0 N–H and O–H groups in total. The second-order valence-corrected chi connectivity index (χ2v) is 4.27. The Bertz CT molecular complexity index is 475. The third-order valence-corrected chi connectivity index (χ3v) is 2.84. The molecular formula is C14H16N2. The summed E-state index contributed by atoms with van der Waals surface area (Å²) in [6.45, 7) is 6.57. The summed E-state index contributed by atoms with van der Waals surface area (Å²) in [5.74, 6) is 0.539. The van der Waals surface area contributed by atoms with E-state index in [1.54, 1.807) is 12.4 Å². The first kappa shape index (κ1) is 10.8. The number of nitrogens with zero attached hydrogens (tertiary/aromatic N) is 2. The zero-order valence-corrected chi connectivity index (χ0v) is 9.94. The van der Waals surface area contributed by atoms with Gasteiger partial charge in [0.2, 0.25) is 0 Å². The number of benzene rings is 1. The second-order valence-electron chi connectivity index (χ2n) is 4.27. The molecule has 16 heavy (non-hydrogen) atoms. The van der Waals surface area contributed by atoms with Crippen LogP contribution in [0.1, 0.15) is 30.9 Å². The Labute approximate surface area is 96.4 Å². The molecule has 0 amide bonds. The Balaban J connectivity index is 2.55. The molecule has 0 fully saturated rings. The zero-order chi connectivity index (χ0) is 11.5. The lowest BCUT2D eigenvalue weighted by molar-refractivity contribution is 0.857. The van der Waals surface area contributed by atoms with Crippen LogP contribution in [0.25, 0.3) is 11.3 Å². The minimum Gasteiger partial charge on any atom is -0.261 e. The van der Waals surface area contributed by atoms with Crippen molar-refractivity contribution in [3.63, 3.8) is 0 Å². The summed E-state index contributed by atoms with van der Waals surface area (Å²) < 4.78 is 0. The molecule has 0 saturated carbocycles. The molecule has 1 aromatic heterocycles. The van der Waals surface area contributed by atoms with Gasteiger partial charge in [0.15, 0.2) is 0 Å². The van der Waals surface area contributed by atoms with Crippen molar-refractivity contribution >= 4 is 0 Å². The van der Waals surface area contributed by atoms with Crippen LogP contribution in [0.2, 0.25) is 0 Å². The normalized spacial score (nSPS) is 10.8. The molecule has 0 atom stereocenters. The van der Waals surface area contributed by atoms with Gasteiger partial charge in [-0.05, 0) is 24.0 Å². The fourth-order valence-corrected chi connectivity index (χ4v) is 1.99. The van der Waals surface area contributed by atoms with Crippen LogP contribution in [0.5, 0.6) is 0 Å². The maximum absolute atomic E-state index is 4.35. The lowest BCUT2D eigenvalue weighted by Crippen LogP contribution is -1.95. The van der Waals surface area contributed by atoms with E-state index < -0.39 is 0 Å². The van der Waals surface area contributed by atoms with Gasteiger partial charge in [-0.2, -0.15) is 0 Å². The summed E-state index contributed by atoms with van der Waals surface area (Å²) >= 11 is 0. The number of aromatic nitrogens is 2. The van der Waals surface area contributed by atoms with Crippen LogP contribution in [0.4, 0.5) is 0 Å². The molecule has 0 aliphatic rings. The summed E-state index contributed by atoms with van der Waals surface area (Å²) in [4.78, 5) is 8.46. The van der Waals surface area contributed by atoms with Gasteiger partial charge in [0.05, 0.1) is 11.9 Å². The highest BCUT2D eigenvalue weighted by Crippen LogP contribution is 2.27. The molecule has 82 valence electrons. The van der Waals surface area contributed by atoms with E-state index in [4.69, 9.17) is 0 Å². The number of rotatable bonds is 2. The first-order valence-corrected chi connectivity index (χ1v) is 5.56. The number of hydrogen-bond donors (Lipinski definition) is 0. The van der Waals surface area contributed by atoms with Crippen LogP contribution in [0, 0.1) is 6.92 Å². The molecule has 1 heterocycles. The highest BCUT2D eigenvalue weighted by Gasteiger charge is 2.09. The molecule has 0 aliphatic heterocycles. The molecule has 0 bridgehead atoms. The van der Waals surface area contributed by atoms with E-state index >= 15 is 0 Å². The maximum Gasteiger partial charge on any atom is 0.0887 e. The summed E-state index contributed by atoms with van der Waals surface area (Å²) in [5.41, 5.74) is 4.81. The van der Waals surface area contributed by atoms with Gasteiger partial charge in [-0.25, -0.2) is 0 Å². The predicted molar refractivity (Wildman–Crippen MR) is 66.3 cm³/mol. The van der Waals surface area contributed by atoms with Gasteiger partial charge in [-0.3, -0.25) is 9.97 Å². The zero-order valence-electron chi connectivity index (χ0n) is 9.94. The minimum atomic E-state index is 0.539. The summed E-state index contributed by atoms with van der Waals surface area (Å²) in [5, 5.41) is 0. The third kappa shape index (κ3) is 1.96. The van der Waals surface area contributed by atoms with Crippen molar-refractivity contribution in [2.45, 2.75) is 26.7 Å². The molecule has 0 aliphatic carbocycles. The van der Waals surface area contributed by atoms with E-state index in [0.29, 0.717) is 5.92 Å². The van der Waals surface area contributed by atoms with Crippen LogP contribution < -0.4 is 0 Å². The Morgan fingerprint density at radius 1 is 1.12 bits per heavy atom. The Morgan fingerprint density at radius 3 is 2.56 bits per heavy atom. The van der Waals surface area contributed by atoms with Gasteiger partial charge in [0.25, 0.3) is 0 Å². The average Bonchev–Trinajstić information content (AvgIpc) is 2.30. The first-order valence-electron chi connectivity index (χ1n) is 5.56. The van der Waals surface area contributed by atoms with Crippen molar-refractivity contribution in [3.05, 3.63) is 47.9 Å². The largest absolute Gasteiger partial charge is 0.261 e. The molecule has 2 aromatic rings. The quantitative estimate of drug-likeness (QED) is 0.760. The standard InChI is InChI=1S/C14H16N2/c1-10(2)12-5-4-6-13(11(12)3)14-9-15-7-8-16-14/h4-10H,1-3H3. The molecular weight excluding hydrogens is 196 g/mol. The second kappa shape index (κ2) is 4.44. The fraction of sp³-hybridized carbons (Fsp3) is 0.286. The molecule has 0 spiro atoms. The van der Waals surface area contributed by atoms with Gasteiger partial charge < -0.3 is 0 Å². The number of hydrogen-bond acceptors (Lipinski definition) is 2. The molecule has 0 unspecified atom stereocenters.